The Bertz CT molecular complexity index is 323. The van der Waals surface area contributed by atoms with E-state index in [0.717, 1.165) is 6.54 Å². The quantitative estimate of drug-likeness (QED) is 0.782. The predicted octanol–water partition coefficient (Wildman–Crippen LogP) is 2.87. The van der Waals surface area contributed by atoms with Crippen LogP contribution in [0.4, 0.5) is 0 Å². The van der Waals surface area contributed by atoms with Gasteiger partial charge in [-0.05, 0) is 25.0 Å². The number of thioether (sulfide) groups is 1. The van der Waals surface area contributed by atoms with Gasteiger partial charge < -0.3 is 5.32 Å². The van der Waals surface area contributed by atoms with E-state index in [0.29, 0.717) is 11.3 Å². The lowest BCUT2D eigenvalue weighted by atomic mass is 10.1. The van der Waals surface area contributed by atoms with Crippen LogP contribution in [0.15, 0.2) is 41.8 Å². The molecule has 2 unspecified atom stereocenters. The maximum atomic E-state index is 3.78. The monoisotopic (exact) mass is 219 g/mol. The molecule has 2 rings (SSSR count). The van der Waals surface area contributed by atoms with Crippen LogP contribution >= 0.6 is 11.8 Å². The second-order valence-electron chi connectivity index (χ2n) is 3.98. The molecule has 0 aromatic heterocycles. The van der Waals surface area contributed by atoms with Crippen molar-refractivity contribution in [3.63, 3.8) is 0 Å². The molecule has 0 spiro atoms. The molecule has 0 saturated heterocycles. The first-order chi connectivity index (χ1) is 7.29. The molecule has 2 atom stereocenters. The molecule has 1 aliphatic rings. The molecule has 1 aromatic rings. The molecule has 80 valence electrons. The third-order valence-corrected chi connectivity index (χ3v) is 4.05. The van der Waals surface area contributed by atoms with E-state index in [1.165, 1.54) is 16.9 Å². The van der Waals surface area contributed by atoms with Crippen LogP contribution in [0, 0.1) is 0 Å². The highest BCUT2D eigenvalue weighted by Gasteiger charge is 2.21. The van der Waals surface area contributed by atoms with Gasteiger partial charge in [-0.3, -0.25) is 0 Å². The molecule has 1 aliphatic heterocycles. The molecule has 0 fully saturated rings. The molecule has 0 aliphatic carbocycles. The third kappa shape index (κ3) is 2.64. The fourth-order valence-corrected chi connectivity index (χ4v) is 3.03. The lowest BCUT2D eigenvalue weighted by Crippen LogP contribution is -2.30. The van der Waals surface area contributed by atoms with Crippen LogP contribution in [-0.2, 0) is 6.42 Å². The van der Waals surface area contributed by atoms with Gasteiger partial charge in [-0.2, -0.15) is 0 Å². The zero-order chi connectivity index (χ0) is 10.7. The zero-order valence-electron chi connectivity index (χ0n) is 9.07. The maximum absolute atomic E-state index is 3.78. The number of benzene rings is 1. The first kappa shape index (κ1) is 10.8. The van der Waals surface area contributed by atoms with Crippen LogP contribution in [-0.4, -0.2) is 17.8 Å². The van der Waals surface area contributed by atoms with Gasteiger partial charge in [0.1, 0.15) is 0 Å². The SMILES string of the molecule is C=CC(C)NCC1Cc2ccccc2S1. The van der Waals surface area contributed by atoms with Crippen molar-refractivity contribution in [3.05, 3.63) is 42.5 Å². The van der Waals surface area contributed by atoms with Gasteiger partial charge in [-0.1, -0.05) is 24.3 Å². The summed E-state index contributed by atoms with van der Waals surface area (Å²) < 4.78 is 0. The first-order valence-corrected chi connectivity index (χ1v) is 6.28. The minimum Gasteiger partial charge on any atom is -0.310 e. The summed E-state index contributed by atoms with van der Waals surface area (Å²) in [5.74, 6) is 0. The molecule has 1 aromatic carbocycles. The number of hydrogen-bond acceptors (Lipinski definition) is 2. The highest BCUT2D eigenvalue weighted by atomic mass is 32.2. The van der Waals surface area contributed by atoms with Gasteiger partial charge in [0.2, 0.25) is 0 Å². The van der Waals surface area contributed by atoms with Crippen molar-refractivity contribution < 1.29 is 0 Å². The predicted molar refractivity (Wildman–Crippen MR) is 67.5 cm³/mol. The van der Waals surface area contributed by atoms with Crippen molar-refractivity contribution >= 4 is 11.8 Å². The van der Waals surface area contributed by atoms with Gasteiger partial charge >= 0.3 is 0 Å². The number of hydrogen-bond donors (Lipinski definition) is 1. The largest absolute Gasteiger partial charge is 0.310 e. The van der Waals surface area contributed by atoms with E-state index in [4.69, 9.17) is 0 Å². The van der Waals surface area contributed by atoms with Crippen LogP contribution in [0.2, 0.25) is 0 Å². The van der Waals surface area contributed by atoms with Gasteiger partial charge in [-0.25, -0.2) is 0 Å². The summed E-state index contributed by atoms with van der Waals surface area (Å²) in [6, 6.07) is 9.11. The number of fused-ring (bicyclic) bond motifs is 1. The van der Waals surface area contributed by atoms with Crippen molar-refractivity contribution in [1.82, 2.24) is 5.32 Å². The molecular formula is C13H17NS. The molecule has 0 radical (unpaired) electrons. The van der Waals surface area contributed by atoms with E-state index in [9.17, 15) is 0 Å². The Morgan fingerprint density at radius 1 is 1.60 bits per heavy atom. The van der Waals surface area contributed by atoms with E-state index in [1.807, 2.05) is 17.8 Å². The Balaban J connectivity index is 1.88. The summed E-state index contributed by atoms with van der Waals surface area (Å²) in [4.78, 5) is 1.45. The minimum atomic E-state index is 0.411. The third-order valence-electron chi connectivity index (χ3n) is 2.73. The van der Waals surface area contributed by atoms with Gasteiger partial charge in [-0.15, -0.1) is 18.3 Å². The Hall–Kier alpha value is -0.730. The highest BCUT2D eigenvalue weighted by Crippen LogP contribution is 2.36. The van der Waals surface area contributed by atoms with Gasteiger partial charge in [0.25, 0.3) is 0 Å². The Morgan fingerprint density at radius 2 is 2.40 bits per heavy atom. The summed E-state index contributed by atoms with van der Waals surface area (Å²) >= 11 is 1.99. The molecular weight excluding hydrogens is 202 g/mol. The van der Waals surface area contributed by atoms with Gasteiger partial charge in [0, 0.05) is 22.7 Å². The Morgan fingerprint density at radius 3 is 3.13 bits per heavy atom. The molecule has 1 heterocycles. The molecule has 1 N–H and O–H groups in total. The van der Waals surface area contributed by atoms with Crippen molar-refractivity contribution in [2.45, 2.75) is 29.5 Å². The van der Waals surface area contributed by atoms with Crippen molar-refractivity contribution in [2.24, 2.45) is 0 Å². The Labute approximate surface area is 96.0 Å². The smallest absolute Gasteiger partial charge is 0.0260 e. The average Bonchev–Trinajstić information content (AvgIpc) is 2.68. The van der Waals surface area contributed by atoms with Crippen LogP contribution in [0.3, 0.4) is 0 Å². The normalized spacial score (nSPS) is 21.0. The van der Waals surface area contributed by atoms with E-state index in [2.05, 4.69) is 43.1 Å². The van der Waals surface area contributed by atoms with Crippen molar-refractivity contribution in [1.29, 1.82) is 0 Å². The van der Waals surface area contributed by atoms with E-state index in [-0.39, 0.29) is 0 Å². The lowest BCUT2D eigenvalue weighted by molar-refractivity contribution is 0.618. The number of rotatable bonds is 4. The maximum Gasteiger partial charge on any atom is 0.0260 e. The summed E-state index contributed by atoms with van der Waals surface area (Å²) in [5.41, 5.74) is 1.50. The standard InChI is InChI=1S/C13H17NS/c1-3-10(2)14-9-12-8-11-6-4-5-7-13(11)15-12/h3-7,10,12,14H,1,8-9H2,2H3. The van der Waals surface area contributed by atoms with E-state index < -0.39 is 0 Å². The molecule has 15 heavy (non-hydrogen) atoms. The van der Waals surface area contributed by atoms with Crippen LogP contribution < -0.4 is 5.32 Å². The van der Waals surface area contributed by atoms with Gasteiger partial charge in [0.15, 0.2) is 0 Å². The first-order valence-electron chi connectivity index (χ1n) is 5.40. The number of nitrogens with one attached hydrogen (secondary N) is 1. The fourth-order valence-electron chi connectivity index (χ4n) is 1.77. The van der Waals surface area contributed by atoms with E-state index in [1.54, 1.807) is 0 Å². The topological polar surface area (TPSA) is 12.0 Å². The molecule has 0 amide bonds. The summed E-state index contributed by atoms with van der Waals surface area (Å²) in [5, 5.41) is 4.16. The second-order valence-corrected chi connectivity index (χ2v) is 5.33. The summed E-state index contributed by atoms with van der Waals surface area (Å²) in [7, 11) is 0. The van der Waals surface area contributed by atoms with Crippen molar-refractivity contribution in [3.8, 4) is 0 Å². The fraction of sp³-hybridized carbons (Fsp3) is 0.385. The lowest BCUT2D eigenvalue weighted by Gasteiger charge is -2.13. The molecule has 2 heteroatoms. The van der Waals surface area contributed by atoms with Crippen molar-refractivity contribution in [2.75, 3.05) is 6.54 Å². The van der Waals surface area contributed by atoms with Crippen LogP contribution in [0.1, 0.15) is 12.5 Å². The highest BCUT2D eigenvalue weighted by molar-refractivity contribution is 8.00. The average molecular weight is 219 g/mol. The minimum absolute atomic E-state index is 0.411. The zero-order valence-corrected chi connectivity index (χ0v) is 9.89. The summed E-state index contributed by atoms with van der Waals surface area (Å²) in [6.07, 6.45) is 3.14. The molecule has 0 bridgehead atoms. The molecule has 0 saturated carbocycles. The van der Waals surface area contributed by atoms with Gasteiger partial charge in [0.05, 0.1) is 0 Å². The second kappa shape index (κ2) is 4.86. The van der Waals surface area contributed by atoms with E-state index >= 15 is 0 Å². The van der Waals surface area contributed by atoms with Crippen LogP contribution in [0.25, 0.3) is 0 Å². The Kier molecular flexibility index (Phi) is 3.49. The summed E-state index contributed by atoms with van der Waals surface area (Å²) in [6.45, 7) is 6.98. The molecule has 1 nitrogen and oxygen atoms in total. The van der Waals surface area contributed by atoms with Crippen LogP contribution in [0.5, 0.6) is 0 Å².